The van der Waals surface area contributed by atoms with Gasteiger partial charge in [0, 0.05) is 15.4 Å². The first-order valence-electron chi connectivity index (χ1n) is 6.62. The fourth-order valence-electron chi connectivity index (χ4n) is 2.32. The van der Waals surface area contributed by atoms with E-state index in [0.717, 1.165) is 5.56 Å². The lowest BCUT2D eigenvalue weighted by atomic mass is 10.1. The van der Waals surface area contributed by atoms with Crippen LogP contribution >= 0.6 is 11.3 Å². The number of rotatable bonds is 3. The second-order valence-corrected chi connectivity index (χ2v) is 6.61. The molecule has 0 aliphatic heterocycles. The number of hydrogen-bond acceptors (Lipinski definition) is 3. The van der Waals surface area contributed by atoms with Gasteiger partial charge in [-0.15, -0.1) is 11.3 Å². The number of nitrogens with one attached hydrogen (secondary N) is 1. The summed E-state index contributed by atoms with van der Waals surface area (Å²) in [5, 5.41) is 3.01. The molecule has 4 heteroatoms. The van der Waals surface area contributed by atoms with Gasteiger partial charge in [0.15, 0.2) is 0 Å². The Labute approximate surface area is 123 Å². The molecule has 1 unspecified atom stereocenters. The van der Waals surface area contributed by atoms with Gasteiger partial charge in [0.25, 0.3) is 5.91 Å². The first kappa shape index (κ1) is 14.6. The van der Waals surface area contributed by atoms with Gasteiger partial charge in [0.05, 0.1) is 11.6 Å². The zero-order valence-electron chi connectivity index (χ0n) is 12.3. The van der Waals surface area contributed by atoms with Crippen LogP contribution in [0.4, 0.5) is 5.69 Å². The molecule has 106 valence electrons. The van der Waals surface area contributed by atoms with Crippen LogP contribution in [0.25, 0.3) is 0 Å². The quantitative estimate of drug-likeness (QED) is 0.845. The van der Waals surface area contributed by atoms with E-state index in [0.29, 0.717) is 11.3 Å². The smallest absolute Gasteiger partial charge is 0.253 e. The second-order valence-electron chi connectivity index (χ2n) is 5.15. The minimum atomic E-state index is -0.127. The van der Waals surface area contributed by atoms with Crippen molar-refractivity contribution in [2.24, 2.45) is 0 Å². The molecule has 3 N–H and O–H groups in total. The van der Waals surface area contributed by atoms with E-state index in [1.807, 2.05) is 26.0 Å². The lowest BCUT2D eigenvalue weighted by Crippen LogP contribution is -2.27. The van der Waals surface area contributed by atoms with Crippen LogP contribution in [-0.2, 0) is 0 Å². The van der Waals surface area contributed by atoms with Crippen molar-refractivity contribution in [3.8, 4) is 0 Å². The lowest BCUT2D eigenvalue weighted by molar-refractivity contribution is 0.0941. The first-order valence-corrected chi connectivity index (χ1v) is 7.44. The number of thiophene rings is 1. The van der Waals surface area contributed by atoms with Crippen LogP contribution in [0, 0.1) is 20.8 Å². The third-order valence-corrected chi connectivity index (χ3v) is 4.33. The normalized spacial score (nSPS) is 12.2. The molecule has 0 spiro atoms. The predicted molar refractivity (Wildman–Crippen MR) is 85.3 cm³/mol. The van der Waals surface area contributed by atoms with Crippen molar-refractivity contribution in [2.75, 3.05) is 5.73 Å². The minimum absolute atomic E-state index is 0.0202. The monoisotopic (exact) mass is 288 g/mol. The number of amides is 1. The number of nitrogen functional groups attached to an aromatic ring is 1. The van der Waals surface area contributed by atoms with E-state index in [9.17, 15) is 4.79 Å². The van der Waals surface area contributed by atoms with Crippen molar-refractivity contribution < 1.29 is 4.79 Å². The lowest BCUT2D eigenvalue weighted by Gasteiger charge is -2.15. The zero-order valence-corrected chi connectivity index (χ0v) is 13.1. The number of anilines is 1. The highest BCUT2D eigenvalue weighted by Crippen LogP contribution is 2.26. The van der Waals surface area contributed by atoms with Crippen LogP contribution in [0.1, 0.15) is 44.2 Å². The molecule has 1 aromatic carbocycles. The fraction of sp³-hybridized carbons (Fsp3) is 0.312. The molecule has 0 saturated heterocycles. The standard InChI is InChI=1S/C16H20N2OS/c1-9-5-6-13(15(17)7-9)16(19)18-11(3)14-8-10(2)20-12(14)4/h5-8,11H,17H2,1-4H3,(H,18,19). The summed E-state index contributed by atoms with van der Waals surface area (Å²) < 4.78 is 0. The molecule has 3 nitrogen and oxygen atoms in total. The number of carbonyl (C=O) groups is 1. The van der Waals surface area contributed by atoms with Gasteiger partial charge in [-0.05, 0) is 57.0 Å². The van der Waals surface area contributed by atoms with Crippen LogP contribution < -0.4 is 11.1 Å². The molecule has 0 bridgehead atoms. The highest BCUT2D eigenvalue weighted by Gasteiger charge is 2.16. The molecule has 20 heavy (non-hydrogen) atoms. The Kier molecular flexibility index (Phi) is 4.14. The Balaban J connectivity index is 2.17. The van der Waals surface area contributed by atoms with Gasteiger partial charge < -0.3 is 11.1 Å². The number of carbonyl (C=O) groups excluding carboxylic acids is 1. The summed E-state index contributed by atoms with van der Waals surface area (Å²) in [6, 6.07) is 7.60. The van der Waals surface area contributed by atoms with E-state index in [1.165, 1.54) is 15.3 Å². The van der Waals surface area contributed by atoms with Crippen LogP contribution in [-0.4, -0.2) is 5.91 Å². The summed E-state index contributed by atoms with van der Waals surface area (Å²) in [4.78, 5) is 14.8. The third-order valence-electron chi connectivity index (χ3n) is 3.35. The SMILES string of the molecule is Cc1ccc(C(=O)NC(C)c2cc(C)sc2C)c(N)c1. The molecule has 0 aliphatic rings. The van der Waals surface area contributed by atoms with E-state index in [1.54, 1.807) is 17.4 Å². The Morgan fingerprint density at radius 1 is 1.25 bits per heavy atom. The van der Waals surface area contributed by atoms with Crippen molar-refractivity contribution in [3.05, 3.63) is 50.7 Å². The Bertz CT molecular complexity index is 646. The number of aryl methyl sites for hydroxylation is 3. The molecule has 2 rings (SSSR count). The largest absolute Gasteiger partial charge is 0.398 e. The number of nitrogens with two attached hydrogens (primary N) is 1. The second kappa shape index (κ2) is 5.67. The van der Waals surface area contributed by atoms with Gasteiger partial charge in [0.2, 0.25) is 0 Å². The maximum absolute atomic E-state index is 12.3. The van der Waals surface area contributed by atoms with E-state index in [2.05, 4.69) is 25.2 Å². The Morgan fingerprint density at radius 3 is 2.50 bits per heavy atom. The summed E-state index contributed by atoms with van der Waals surface area (Å²) in [5.41, 5.74) is 9.19. The summed E-state index contributed by atoms with van der Waals surface area (Å²) in [5.74, 6) is -0.127. The van der Waals surface area contributed by atoms with Gasteiger partial charge in [0.1, 0.15) is 0 Å². The minimum Gasteiger partial charge on any atom is -0.398 e. The van der Waals surface area contributed by atoms with Gasteiger partial charge in [-0.3, -0.25) is 4.79 Å². The molecular weight excluding hydrogens is 268 g/mol. The number of benzene rings is 1. The molecule has 1 amide bonds. The molecule has 2 aromatic rings. The van der Waals surface area contributed by atoms with Gasteiger partial charge in [-0.25, -0.2) is 0 Å². The van der Waals surface area contributed by atoms with Crippen LogP contribution in [0.15, 0.2) is 24.3 Å². The van der Waals surface area contributed by atoms with Gasteiger partial charge >= 0.3 is 0 Å². The molecule has 1 aromatic heterocycles. The van der Waals surface area contributed by atoms with Crippen LogP contribution in [0.3, 0.4) is 0 Å². The molecule has 0 radical (unpaired) electrons. The molecular formula is C16H20N2OS. The number of hydrogen-bond donors (Lipinski definition) is 2. The Hall–Kier alpha value is -1.81. The summed E-state index contributed by atoms with van der Waals surface area (Å²) >= 11 is 1.75. The fourth-order valence-corrected chi connectivity index (χ4v) is 3.34. The maximum Gasteiger partial charge on any atom is 0.253 e. The van der Waals surface area contributed by atoms with E-state index >= 15 is 0 Å². The molecule has 1 heterocycles. The van der Waals surface area contributed by atoms with Crippen molar-refractivity contribution in [3.63, 3.8) is 0 Å². The zero-order chi connectivity index (χ0) is 14.9. The summed E-state index contributed by atoms with van der Waals surface area (Å²) in [6.07, 6.45) is 0. The molecule has 0 aliphatic carbocycles. The Morgan fingerprint density at radius 2 is 1.95 bits per heavy atom. The third kappa shape index (κ3) is 3.02. The first-order chi connectivity index (χ1) is 9.38. The van der Waals surface area contributed by atoms with Crippen molar-refractivity contribution in [1.29, 1.82) is 0 Å². The van der Waals surface area contributed by atoms with Crippen LogP contribution in [0.2, 0.25) is 0 Å². The highest BCUT2D eigenvalue weighted by molar-refractivity contribution is 7.12. The van der Waals surface area contributed by atoms with Gasteiger partial charge in [-0.1, -0.05) is 6.07 Å². The summed E-state index contributed by atoms with van der Waals surface area (Å²) in [6.45, 7) is 8.11. The summed E-state index contributed by atoms with van der Waals surface area (Å²) in [7, 11) is 0. The molecule has 0 saturated carbocycles. The average molecular weight is 288 g/mol. The van der Waals surface area contributed by atoms with E-state index in [4.69, 9.17) is 5.73 Å². The van der Waals surface area contributed by atoms with Crippen molar-refractivity contribution >= 4 is 22.9 Å². The van der Waals surface area contributed by atoms with Gasteiger partial charge in [-0.2, -0.15) is 0 Å². The van der Waals surface area contributed by atoms with E-state index in [-0.39, 0.29) is 11.9 Å². The van der Waals surface area contributed by atoms with Crippen molar-refractivity contribution in [1.82, 2.24) is 5.32 Å². The highest BCUT2D eigenvalue weighted by atomic mass is 32.1. The molecule has 0 fully saturated rings. The topological polar surface area (TPSA) is 55.1 Å². The van der Waals surface area contributed by atoms with Crippen molar-refractivity contribution in [2.45, 2.75) is 33.7 Å². The predicted octanol–water partition coefficient (Wildman–Crippen LogP) is 3.75. The van der Waals surface area contributed by atoms with Crippen LogP contribution in [0.5, 0.6) is 0 Å². The average Bonchev–Trinajstić information content (AvgIpc) is 2.68. The van der Waals surface area contributed by atoms with E-state index < -0.39 is 0 Å². The maximum atomic E-state index is 12.3. The molecule has 1 atom stereocenters.